The first-order chi connectivity index (χ1) is 9.15. The summed E-state index contributed by atoms with van der Waals surface area (Å²) in [7, 11) is -3.96. The zero-order valence-corrected chi connectivity index (χ0v) is 12.2. The molecule has 0 radical (unpaired) electrons. The second-order valence-corrected chi connectivity index (χ2v) is 7.35. The number of nitrogens with one attached hydrogen (secondary N) is 1. The number of aromatic carboxylic acids is 1. The Bertz CT molecular complexity index is 670. The van der Waals surface area contributed by atoms with Gasteiger partial charge in [-0.2, -0.15) is 0 Å². The van der Waals surface area contributed by atoms with Crippen LogP contribution < -0.4 is 4.72 Å². The van der Waals surface area contributed by atoms with E-state index in [9.17, 15) is 17.6 Å². The number of hydrogen-bond donors (Lipinski definition) is 2. The number of sulfonamides is 1. The van der Waals surface area contributed by atoms with Crippen LogP contribution in [0, 0.1) is 11.2 Å². The third-order valence-corrected chi connectivity index (χ3v) is 5.10. The number of hydrogen-bond acceptors (Lipinski definition) is 3. The summed E-state index contributed by atoms with van der Waals surface area (Å²) < 4.78 is 40.0. The third kappa shape index (κ3) is 3.11. The van der Waals surface area contributed by atoms with Crippen molar-refractivity contribution in [3.8, 4) is 0 Å². The maximum atomic E-state index is 13.5. The van der Waals surface area contributed by atoms with Gasteiger partial charge in [-0.05, 0) is 30.4 Å². The molecule has 1 aromatic rings. The van der Waals surface area contributed by atoms with Gasteiger partial charge < -0.3 is 5.11 Å². The van der Waals surface area contributed by atoms with E-state index in [1.807, 2.05) is 6.92 Å². The Balaban J connectivity index is 2.33. The van der Waals surface area contributed by atoms with E-state index in [4.69, 9.17) is 16.7 Å². The van der Waals surface area contributed by atoms with Gasteiger partial charge in [-0.1, -0.05) is 18.5 Å². The summed E-state index contributed by atoms with van der Waals surface area (Å²) in [5, 5.41) is 8.28. The van der Waals surface area contributed by atoms with Crippen molar-refractivity contribution < 1.29 is 22.7 Å². The summed E-state index contributed by atoms with van der Waals surface area (Å²) in [4.78, 5) is 10.5. The van der Waals surface area contributed by atoms with E-state index >= 15 is 0 Å². The van der Waals surface area contributed by atoms with Crippen molar-refractivity contribution >= 4 is 27.6 Å². The van der Waals surface area contributed by atoms with Crippen molar-refractivity contribution in [1.82, 2.24) is 4.72 Å². The van der Waals surface area contributed by atoms with Gasteiger partial charge in [0.25, 0.3) is 0 Å². The molecule has 0 atom stereocenters. The van der Waals surface area contributed by atoms with Crippen molar-refractivity contribution in [3.63, 3.8) is 0 Å². The molecule has 1 saturated carbocycles. The predicted molar refractivity (Wildman–Crippen MR) is 70.9 cm³/mol. The smallest absolute Gasteiger partial charge is 0.337 e. The molecule has 2 rings (SSSR count). The molecule has 5 nitrogen and oxygen atoms in total. The average molecular weight is 322 g/mol. The van der Waals surface area contributed by atoms with Crippen LogP contribution in [0.4, 0.5) is 4.39 Å². The van der Waals surface area contributed by atoms with Gasteiger partial charge in [0.1, 0.15) is 5.82 Å². The Kier molecular flexibility index (Phi) is 3.79. The first-order valence-corrected chi connectivity index (χ1v) is 7.73. The van der Waals surface area contributed by atoms with Crippen molar-refractivity contribution in [2.75, 3.05) is 6.54 Å². The highest BCUT2D eigenvalue weighted by molar-refractivity contribution is 7.89. The van der Waals surface area contributed by atoms with Crippen LogP contribution in [0.15, 0.2) is 17.0 Å². The lowest BCUT2D eigenvalue weighted by molar-refractivity contribution is 0.0696. The monoisotopic (exact) mass is 321 g/mol. The summed E-state index contributed by atoms with van der Waals surface area (Å²) in [6.45, 7) is 2.17. The van der Waals surface area contributed by atoms with Crippen LogP contribution in [0.25, 0.3) is 0 Å². The topological polar surface area (TPSA) is 83.5 Å². The van der Waals surface area contributed by atoms with Gasteiger partial charge in [0.05, 0.1) is 15.5 Å². The van der Waals surface area contributed by atoms with Gasteiger partial charge >= 0.3 is 5.97 Å². The minimum absolute atomic E-state index is 0.0618. The quantitative estimate of drug-likeness (QED) is 0.871. The minimum Gasteiger partial charge on any atom is -0.478 e. The second-order valence-electron chi connectivity index (χ2n) is 5.21. The van der Waals surface area contributed by atoms with Crippen LogP contribution in [0.1, 0.15) is 30.1 Å². The lowest BCUT2D eigenvalue weighted by atomic mass is 10.2. The van der Waals surface area contributed by atoms with E-state index in [1.54, 1.807) is 0 Å². The van der Waals surface area contributed by atoms with Crippen molar-refractivity contribution in [3.05, 3.63) is 28.5 Å². The fraction of sp³-hybridized carbons (Fsp3) is 0.417. The first-order valence-electron chi connectivity index (χ1n) is 5.87. The van der Waals surface area contributed by atoms with Crippen molar-refractivity contribution in [2.24, 2.45) is 5.41 Å². The molecule has 8 heteroatoms. The van der Waals surface area contributed by atoms with Gasteiger partial charge in [0, 0.05) is 6.54 Å². The van der Waals surface area contributed by atoms with E-state index in [1.165, 1.54) is 0 Å². The van der Waals surface area contributed by atoms with Crippen molar-refractivity contribution in [2.45, 2.75) is 24.7 Å². The summed E-state index contributed by atoms with van der Waals surface area (Å²) >= 11 is 5.50. The predicted octanol–water partition coefficient (Wildman–Crippen LogP) is 2.26. The molecule has 0 amide bonds. The molecule has 0 saturated heterocycles. The summed E-state index contributed by atoms with van der Waals surface area (Å²) in [6.07, 6.45) is 1.84. The summed E-state index contributed by atoms with van der Waals surface area (Å²) in [5.74, 6) is -2.57. The Hall–Kier alpha value is -1.18. The Morgan fingerprint density at radius 1 is 1.50 bits per heavy atom. The van der Waals surface area contributed by atoms with Gasteiger partial charge in [0.2, 0.25) is 10.0 Å². The molecule has 1 fully saturated rings. The number of rotatable bonds is 5. The molecule has 0 unspecified atom stereocenters. The SMILES string of the molecule is CC1(CNS(=O)(=O)c2cc(F)c(Cl)c(C(=O)O)c2)CC1. The highest BCUT2D eigenvalue weighted by atomic mass is 35.5. The van der Waals surface area contributed by atoms with Crippen LogP contribution in [0.5, 0.6) is 0 Å². The van der Waals surface area contributed by atoms with Gasteiger partial charge in [-0.3, -0.25) is 0 Å². The van der Waals surface area contributed by atoms with E-state index < -0.39 is 37.3 Å². The number of carbonyl (C=O) groups is 1. The second kappa shape index (κ2) is 4.98. The lowest BCUT2D eigenvalue weighted by Crippen LogP contribution is -2.29. The molecule has 0 spiro atoms. The zero-order valence-electron chi connectivity index (χ0n) is 10.6. The molecule has 2 N–H and O–H groups in total. The molecule has 1 aliphatic rings. The molecule has 0 heterocycles. The number of halogens is 2. The molecule has 0 bridgehead atoms. The van der Waals surface area contributed by atoms with Gasteiger partial charge in [-0.25, -0.2) is 22.3 Å². The highest BCUT2D eigenvalue weighted by Gasteiger charge is 2.38. The molecule has 110 valence electrons. The first kappa shape index (κ1) is 15.2. The Labute approximate surface area is 120 Å². The van der Waals surface area contributed by atoms with Crippen molar-refractivity contribution in [1.29, 1.82) is 0 Å². The normalized spacial score (nSPS) is 16.9. The van der Waals surface area contributed by atoms with Crippen LogP contribution in [0.3, 0.4) is 0 Å². The Morgan fingerprint density at radius 2 is 2.10 bits per heavy atom. The maximum absolute atomic E-state index is 13.5. The maximum Gasteiger partial charge on any atom is 0.337 e. The summed E-state index contributed by atoms with van der Waals surface area (Å²) in [6, 6.07) is 1.57. The highest BCUT2D eigenvalue weighted by Crippen LogP contribution is 2.44. The Morgan fingerprint density at radius 3 is 2.60 bits per heavy atom. The molecule has 1 aromatic carbocycles. The average Bonchev–Trinajstić information content (AvgIpc) is 3.08. The van der Waals surface area contributed by atoms with E-state index in [0.717, 1.165) is 18.9 Å². The molecular formula is C12H13ClFNO4S. The number of carboxylic acids is 1. The van der Waals surface area contributed by atoms with Crippen LogP contribution in [0.2, 0.25) is 5.02 Å². The number of carboxylic acid groups (broad SMARTS) is 1. The largest absolute Gasteiger partial charge is 0.478 e. The van der Waals surface area contributed by atoms with Gasteiger partial charge in [-0.15, -0.1) is 0 Å². The van der Waals surface area contributed by atoms with Crippen LogP contribution in [-0.2, 0) is 10.0 Å². The molecule has 1 aliphatic carbocycles. The minimum atomic E-state index is -3.96. The third-order valence-electron chi connectivity index (χ3n) is 3.33. The molecule has 0 aromatic heterocycles. The molecule has 20 heavy (non-hydrogen) atoms. The van der Waals surface area contributed by atoms with E-state index in [2.05, 4.69) is 4.72 Å². The van der Waals surface area contributed by atoms with E-state index in [0.29, 0.717) is 6.07 Å². The standard InChI is InChI=1S/C12H13ClFNO4S/c1-12(2-3-12)6-15-20(18,19)7-4-8(11(16)17)10(13)9(14)5-7/h4-5,15H,2-3,6H2,1H3,(H,16,17). The molecular weight excluding hydrogens is 309 g/mol. The summed E-state index contributed by atoms with van der Waals surface area (Å²) in [5.41, 5.74) is -0.641. The number of benzene rings is 1. The van der Waals surface area contributed by atoms with Crippen LogP contribution in [-0.4, -0.2) is 26.0 Å². The fourth-order valence-corrected chi connectivity index (χ4v) is 3.04. The van der Waals surface area contributed by atoms with Gasteiger partial charge in [0.15, 0.2) is 0 Å². The fourth-order valence-electron chi connectivity index (χ4n) is 1.62. The zero-order chi connectivity index (χ0) is 15.1. The van der Waals surface area contributed by atoms with Crippen LogP contribution >= 0.6 is 11.6 Å². The lowest BCUT2D eigenvalue weighted by Gasteiger charge is -2.12. The van der Waals surface area contributed by atoms with E-state index in [-0.39, 0.29) is 12.0 Å². The molecule has 0 aliphatic heterocycles.